The van der Waals surface area contributed by atoms with Crippen molar-refractivity contribution in [2.24, 2.45) is 0 Å². The summed E-state index contributed by atoms with van der Waals surface area (Å²) in [5, 5.41) is 7.83. The second-order valence-corrected chi connectivity index (χ2v) is 7.54. The number of amides is 2. The maximum Gasteiger partial charge on any atom is 0.323 e. The van der Waals surface area contributed by atoms with Crippen LogP contribution in [0.1, 0.15) is 5.56 Å². The number of ether oxygens (including phenoxy) is 2. The van der Waals surface area contributed by atoms with Gasteiger partial charge < -0.3 is 29.7 Å². The predicted molar refractivity (Wildman–Crippen MR) is 129 cm³/mol. The van der Waals surface area contributed by atoms with Crippen molar-refractivity contribution >= 4 is 39.3 Å². The van der Waals surface area contributed by atoms with Gasteiger partial charge in [-0.3, -0.25) is 0 Å². The number of urea groups is 1. The van der Waals surface area contributed by atoms with Crippen LogP contribution < -0.4 is 20.1 Å². The maximum absolute atomic E-state index is 12.8. The van der Waals surface area contributed by atoms with Crippen LogP contribution in [0.5, 0.6) is 11.5 Å². The molecule has 5 aromatic rings. The van der Waals surface area contributed by atoms with Crippen molar-refractivity contribution < 1.29 is 14.3 Å². The number of hydrogen-bond acceptors (Lipinski definition) is 4. The predicted octanol–water partition coefficient (Wildman–Crippen LogP) is 5.23. The molecule has 3 heterocycles. The van der Waals surface area contributed by atoms with Crippen LogP contribution >= 0.6 is 0 Å². The third-order valence-corrected chi connectivity index (χ3v) is 5.59. The first kappa shape index (κ1) is 20.4. The number of fused-ring (bicyclic) bond motifs is 2. The van der Waals surface area contributed by atoms with Crippen molar-refractivity contribution in [3.63, 3.8) is 0 Å². The molecule has 0 saturated heterocycles. The Bertz CT molecular complexity index is 1450. The minimum absolute atomic E-state index is 0.371. The Morgan fingerprint density at radius 2 is 1.88 bits per heavy atom. The lowest BCUT2D eigenvalue weighted by Gasteiger charge is -2.13. The van der Waals surface area contributed by atoms with E-state index in [-0.39, 0.29) is 6.03 Å². The van der Waals surface area contributed by atoms with Gasteiger partial charge in [-0.05, 0) is 48.0 Å². The number of pyridine rings is 1. The molecule has 3 aromatic heterocycles. The van der Waals surface area contributed by atoms with Gasteiger partial charge in [0.25, 0.3) is 0 Å². The summed E-state index contributed by atoms with van der Waals surface area (Å²) in [6, 6.07) is 16.7. The van der Waals surface area contributed by atoms with Crippen molar-refractivity contribution in [2.75, 3.05) is 24.9 Å². The average Bonchev–Trinajstić information content (AvgIpc) is 3.44. The summed E-state index contributed by atoms with van der Waals surface area (Å²) in [7, 11) is 3.13. The standard InChI is InChI=1S/C25H23N5O3/c1-32-17-8-9-23(33-2)21(13-17)29-25(31)28-20-6-3-7-22-19(20)10-12-30(22)15-16-14-27-24-18(16)5-4-11-26-24/h3-14H,15H2,1-2H3,(H,26,27)(H2,28,29,31). The highest BCUT2D eigenvalue weighted by molar-refractivity contribution is 6.06. The van der Waals surface area contributed by atoms with Crippen LogP contribution in [0.4, 0.5) is 16.2 Å². The van der Waals surface area contributed by atoms with Crippen LogP contribution in [0.2, 0.25) is 0 Å². The van der Waals surface area contributed by atoms with Crippen molar-refractivity contribution in [2.45, 2.75) is 6.54 Å². The number of rotatable bonds is 6. The van der Waals surface area contributed by atoms with Gasteiger partial charge >= 0.3 is 6.03 Å². The first-order valence-electron chi connectivity index (χ1n) is 10.4. The summed E-state index contributed by atoms with van der Waals surface area (Å²) >= 11 is 0. The van der Waals surface area contributed by atoms with Crippen molar-refractivity contribution in [1.82, 2.24) is 14.5 Å². The number of nitrogens with one attached hydrogen (secondary N) is 3. The van der Waals surface area contributed by atoms with E-state index in [0.717, 1.165) is 27.5 Å². The number of aromatic nitrogens is 3. The molecule has 2 amide bonds. The van der Waals surface area contributed by atoms with Crippen LogP contribution in [0.25, 0.3) is 21.9 Å². The lowest BCUT2D eigenvalue weighted by Crippen LogP contribution is -2.20. The van der Waals surface area contributed by atoms with E-state index < -0.39 is 0 Å². The second kappa shape index (κ2) is 8.58. The monoisotopic (exact) mass is 441 g/mol. The molecule has 0 radical (unpaired) electrons. The van der Waals surface area contributed by atoms with Gasteiger partial charge in [0.05, 0.1) is 31.1 Å². The molecule has 33 heavy (non-hydrogen) atoms. The zero-order valence-corrected chi connectivity index (χ0v) is 18.3. The normalized spacial score (nSPS) is 11.0. The first-order valence-corrected chi connectivity index (χ1v) is 10.4. The molecule has 0 fully saturated rings. The summed E-state index contributed by atoms with van der Waals surface area (Å²) in [6.07, 6.45) is 5.78. The van der Waals surface area contributed by atoms with Crippen LogP contribution in [0, 0.1) is 0 Å². The van der Waals surface area contributed by atoms with E-state index in [1.165, 1.54) is 0 Å². The highest BCUT2D eigenvalue weighted by Crippen LogP contribution is 2.30. The first-order chi connectivity index (χ1) is 16.2. The van der Waals surface area contributed by atoms with E-state index in [9.17, 15) is 4.79 Å². The smallest absolute Gasteiger partial charge is 0.323 e. The van der Waals surface area contributed by atoms with Gasteiger partial charge in [0.2, 0.25) is 0 Å². The number of anilines is 2. The SMILES string of the molecule is COc1ccc(OC)c(NC(=O)Nc2cccc3c2ccn3Cc2c[nH]c3ncccc23)c1. The molecule has 166 valence electrons. The fourth-order valence-corrected chi connectivity index (χ4v) is 3.98. The molecule has 8 heteroatoms. The van der Waals surface area contributed by atoms with E-state index in [2.05, 4.69) is 31.2 Å². The average molecular weight is 441 g/mol. The third kappa shape index (κ3) is 3.94. The van der Waals surface area contributed by atoms with E-state index in [0.29, 0.717) is 29.4 Å². The third-order valence-electron chi connectivity index (χ3n) is 5.59. The molecular weight excluding hydrogens is 418 g/mol. The minimum atomic E-state index is -0.371. The number of nitrogens with zero attached hydrogens (tertiary/aromatic N) is 2. The Labute approximate surface area is 190 Å². The minimum Gasteiger partial charge on any atom is -0.497 e. The van der Waals surface area contributed by atoms with Gasteiger partial charge in [-0.2, -0.15) is 0 Å². The zero-order valence-electron chi connectivity index (χ0n) is 18.3. The topological polar surface area (TPSA) is 93.2 Å². The molecule has 5 rings (SSSR count). The van der Waals surface area contributed by atoms with E-state index in [1.807, 2.05) is 42.7 Å². The molecular formula is C25H23N5O3. The van der Waals surface area contributed by atoms with E-state index >= 15 is 0 Å². The van der Waals surface area contributed by atoms with Gasteiger partial charge in [-0.25, -0.2) is 9.78 Å². The van der Waals surface area contributed by atoms with Gasteiger partial charge in [0, 0.05) is 42.0 Å². The number of H-pyrrole nitrogens is 1. The Hall–Kier alpha value is -4.46. The fraction of sp³-hybridized carbons (Fsp3) is 0.120. The van der Waals surface area contributed by atoms with E-state index in [1.54, 1.807) is 38.6 Å². The van der Waals surface area contributed by atoms with Gasteiger partial charge in [0.1, 0.15) is 17.1 Å². The lowest BCUT2D eigenvalue weighted by atomic mass is 10.2. The van der Waals surface area contributed by atoms with Crippen molar-refractivity contribution in [3.8, 4) is 11.5 Å². The number of carbonyl (C=O) groups is 1. The van der Waals surface area contributed by atoms with Crippen molar-refractivity contribution in [1.29, 1.82) is 0 Å². The van der Waals surface area contributed by atoms with Gasteiger partial charge in [-0.15, -0.1) is 0 Å². The number of methoxy groups -OCH3 is 2. The summed E-state index contributed by atoms with van der Waals surface area (Å²) in [5.41, 5.74) is 4.27. The Morgan fingerprint density at radius 1 is 1.00 bits per heavy atom. The van der Waals surface area contributed by atoms with Crippen LogP contribution in [0.3, 0.4) is 0 Å². The van der Waals surface area contributed by atoms with Gasteiger partial charge in [-0.1, -0.05) is 6.07 Å². The van der Waals surface area contributed by atoms with Crippen LogP contribution in [0.15, 0.2) is 73.2 Å². The Kier molecular flexibility index (Phi) is 5.32. The maximum atomic E-state index is 12.8. The number of benzene rings is 2. The molecule has 3 N–H and O–H groups in total. The molecule has 2 aromatic carbocycles. The number of hydrogen-bond donors (Lipinski definition) is 3. The molecule has 0 aliphatic rings. The fourth-order valence-electron chi connectivity index (χ4n) is 3.98. The van der Waals surface area contributed by atoms with E-state index in [4.69, 9.17) is 9.47 Å². The quantitative estimate of drug-likeness (QED) is 0.336. The molecule has 0 spiro atoms. The molecule has 0 aliphatic carbocycles. The molecule has 8 nitrogen and oxygen atoms in total. The Morgan fingerprint density at radius 3 is 2.73 bits per heavy atom. The zero-order chi connectivity index (χ0) is 22.8. The van der Waals surface area contributed by atoms with Crippen LogP contribution in [-0.4, -0.2) is 34.8 Å². The highest BCUT2D eigenvalue weighted by Gasteiger charge is 2.13. The lowest BCUT2D eigenvalue weighted by molar-refractivity contribution is 0.262. The largest absolute Gasteiger partial charge is 0.497 e. The summed E-state index contributed by atoms with van der Waals surface area (Å²) in [6.45, 7) is 0.686. The molecule has 0 atom stereocenters. The molecule has 0 bridgehead atoms. The number of carbonyl (C=O) groups excluding carboxylic acids is 1. The summed E-state index contributed by atoms with van der Waals surface area (Å²) < 4.78 is 12.7. The van der Waals surface area contributed by atoms with Crippen LogP contribution in [-0.2, 0) is 6.54 Å². The van der Waals surface area contributed by atoms with Crippen molar-refractivity contribution in [3.05, 3.63) is 78.8 Å². The summed E-state index contributed by atoms with van der Waals surface area (Å²) in [5.74, 6) is 1.17. The number of aromatic amines is 1. The molecule has 0 aliphatic heterocycles. The molecule has 0 unspecified atom stereocenters. The second-order valence-electron chi connectivity index (χ2n) is 7.54. The molecule has 0 saturated carbocycles. The van der Waals surface area contributed by atoms with Gasteiger partial charge in [0.15, 0.2) is 0 Å². The highest BCUT2D eigenvalue weighted by atomic mass is 16.5. The Balaban J connectivity index is 1.39. The summed E-state index contributed by atoms with van der Waals surface area (Å²) in [4.78, 5) is 20.3.